The van der Waals surface area contributed by atoms with Crippen molar-refractivity contribution in [1.29, 1.82) is 0 Å². The minimum Gasteiger partial charge on any atom is -0.365 e. The van der Waals surface area contributed by atoms with E-state index in [4.69, 9.17) is 10.7 Å². The first-order valence-corrected chi connectivity index (χ1v) is 11.5. The number of benzene rings is 2. The van der Waals surface area contributed by atoms with Gasteiger partial charge in [-0.15, -0.1) is 0 Å². The molecule has 4 rings (SSSR count). The molecule has 0 bridgehead atoms. The summed E-state index contributed by atoms with van der Waals surface area (Å²) in [6, 6.07) is 16.1. The third kappa shape index (κ3) is 5.08. The molecule has 0 unspecified atom stereocenters. The molecule has 34 heavy (non-hydrogen) atoms. The van der Waals surface area contributed by atoms with Gasteiger partial charge < -0.3 is 20.9 Å². The van der Waals surface area contributed by atoms with Gasteiger partial charge in [-0.05, 0) is 37.1 Å². The van der Waals surface area contributed by atoms with Gasteiger partial charge in [-0.1, -0.05) is 47.6 Å². The van der Waals surface area contributed by atoms with Crippen LogP contribution in [0.25, 0.3) is 11.3 Å². The number of nitrogens with two attached hydrogens (primary N) is 1. The molecule has 9 heteroatoms. The van der Waals surface area contributed by atoms with E-state index in [0.29, 0.717) is 58.7 Å². The third-order valence-corrected chi connectivity index (χ3v) is 6.47. The van der Waals surface area contributed by atoms with Crippen molar-refractivity contribution in [3.05, 3.63) is 65.0 Å². The third-order valence-electron chi connectivity index (χ3n) is 5.34. The highest BCUT2D eigenvalue weighted by atomic mass is 32.1. The van der Waals surface area contributed by atoms with Crippen LogP contribution in [0.5, 0.6) is 0 Å². The van der Waals surface area contributed by atoms with Gasteiger partial charge in [-0.2, -0.15) is 0 Å². The normalized spacial score (nSPS) is 13.1. The van der Waals surface area contributed by atoms with Gasteiger partial charge in [0.2, 0.25) is 0 Å². The maximum atomic E-state index is 12.7. The molecule has 1 fully saturated rings. The number of amides is 3. The minimum atomic E-state index is -0.579. The van der Waals surface area contributed by atoms with Crippen molar-refractivity contribution in [1.82, 2.24) is 9.88 Å². The van der Waals surface area contributed by atoms with Crippen LogP contribution in [0, 0.1) is 11.8 Å². The summed E-state index contributed by atoms with van der Waals surface area (Å²) in [4.78, 5) is 45.7. The maximum Gasteiger partial charge on any atom is 0.298 e. The highest BCUT2D eigenvalue weighted by Gasteiger charge is 2.25. The summed E-state index contributed by atoms with van der Waals surface area (Å²) < 4.78 is 0. The molecule has 1 aromatic heterocycles. The number of nitrogens with one attached hydrogen (secondary N) is 1. The molecule has 0 atom stereocenters. The van der Waals surface area contributed by atoms with Gasteiger partial charge in [-0.3, -0.25) is 14.4 Å². The van der Waals surface area contributed by atoms with Crippen molar-refractivity contribution in [2.75, 3.05) is 36.4 Å². The van der Waals surface area contributed by atoms with Gasteiger partial charge in [0.1, 0.15) is 4.88 Å². The first kappa shape index (κ1) is 23.0. The lowest BCUT2D eigenvalue weighted by Crippen LogP contribution is -2.48. The smallest absolute Gasteiger partial charge is 0.298 e. The number of rotatable bonds is 5. The summed E-state index contributed by atoms with van der Waals surface area (Å²) >= 11 is 1.21. The molecule has 3 aromatic rings. The fourth-order valence-corrected chi connectivity index (χ4v) is 4.62. The number of carbonyl (C=O) groups is 3. The minimum absolute atomic E-state index is 0.189. The van der Waals surface area contributed by atoms with E-state index in [0.717, 1.165) is 0 Å². The van der Waals surface area contributed by atoms with Crippen LogP contribution in [0.2, 0.25) is 0 Å². The molecular formula is C25H23N5O3S. The molecule has 3 amide bonds. The molecule has 0 spiro atoms. The Labute approximate surface area is 201 Å². The van der Waals surface area contributed by atoms with Crippen LogP contribution in [0.1, 0.15) is 27.0 Å². The monoisotopic (exact) mass is 473 g/mol. The van der Waals surface area contributed by atoms with Gasteiger partial charge in [0, 0.05) is 43.0 Å². The summed E-state index contributed by atoms with van der Waals surface area (Å²) in [5.74, 6) is 4.16. The second-order valence-corrected chi connectivity index (χ2v) is 8.57. The summed E-state index contributed by atoms with van der Waals surface area (Å²) in [5, 5.41) is 3.50. The number of carbonyl (C=O) groups excluding carboxylic acids is 3. The molecule has 0 aliphatic carbocycles. The quantitative estimate of drug-likeness (QED) is 0.554. The molecule has 2 aromatic carbocycles. The zero-order valence-corrected chi connectivity index (χ0v) is 19.4. The van der Waals surface area contributed by atoms with E-state index in [-0.39, 0.29) is 11.8 Å². The first-order chi connectivity index (χ1) is 16.5. The molecule has 1 saturated heterocycles. The number of para-hydroxylation sites is 1. The Hall–Kier alpha value is -4.16. The number of hydrogen-bond donors (Lipinski definition) is 2. The van der Waals surface area contributed by atoms with E-state index in [2.05, 4.69) is 17.2 Å². The van der Waals surface area contributed by atoms with E-state index in [1.165, 1.54) is 11.3 Å². The van der Waals surface area contributed by atoms with E-state index in [9.17, 15) is 14.4 Å². The predicted octanol–water partition coefficient (Wildman–Crippen LogP) is 2.83. The first-order valence-electron chi connectivity index (χ1n) is 10.7. The van der Waals surface area contributed by atoms with Gasteiger partial charge in [0.15, 0.2) is 5.13 Å². The van der Waals surface area contributed by atoms with Gasteiger partial charge in [0.25, 0.3) is 17.7 Å². The van der Waals surface area contributed by atoms with Crippen LogP contribution in [-0.2, 0) is 4.79 Å². The topological polar surface area (TPSA) is 109 Å². The van der Waals surface area contributed by atoms with Gasteiger partial charge in [-0.25, -0.2) is 4.98 Å². The second-order valence-electron chi connectivity index (χ2n) is 7.59. The standard InChI is InChI=1S/C25H23N5O3S/c1-2-7-20(31)29-12-14-30(15-13-29)25-28-21(22(34-25)23(26)32)17-8-6-9-18(16-17)24(33)27-19-10-4-3-5-11-19/h3-6,8-11,16H,12-15H2,1H3,(H2,26,32)(H,27,33). The van der Waals surface area contributed by atoms with E-state index < -0.39 is 5.91 Å². The lowest BCUT2D eigenvalue weighted by molar-refractivity contribution is -0.125. The molecule has 0 saturated carbocycles. The summed E-state index contributed by atoms with van der Waals surface area (Å²) in [7, 11) is 0. The summed E-state index contributed by atoms with van der Waals surface area (Å²) in [5.41, 5.74) is 7.86. The van der Waals surface area contributed by atoms with Crippen LogP contribution in [0.3, 0.4) is 0 Å². The number of hydrogen-bond acceptors (Lipinski definition) is 6. The van der Waals surface area contributed by atoms with E-state index in [1.807, 2.05) is 35.2 Å². The Bertz CT molecular complexity index is 1280. The van der Waals surface area contributed by atoms with Crippen LogP contribution >= 0.6 is 11.3 Å². The Kier molecular flexibility index (Phi) is 6.90. The average molecular weight is 474 g/mol. The highest BCUT2D eigenvalue weighted by molar-refractivity contribution is 7.18. The fourth-order valence-electron chi connectivity index (χ4n) is 3.63. The predicted molar refractivity (Wildman–Crippen MR) is 133 cm³/mol. The number of primary amides is 1. The van der Waals surface area contributed by atoms with Crippen molar-refractivity contribution in [3.63, 3.8) is 0 Å². The van der Waals surface area contributed by atoms with Crippen molar-refractivity contribution in [2.45, 2.75) is 6.92 Å². The van der Waals surface area contributed by atoms with Crippen LogP contribution in [0.4, 0.5) is 10.8 Å². The van der Waals surface area contributed by atoms with Crippen LogP contribution < -0.4 is 16.0 Å². The van der Waals surface area contributed by atoms with Gasteiger partial charge >= 0.3 is 0 Å². The fraction of sp³-hybridized carbons (Fsp3) is 0.200. The molecule has 2 heterocycles. The van der Waals surface area contributed by atoms with Crippen molar-refractivity contribution in [2.24, 2.45) is 5.73 Å². The Morgan fingerprint density at radius 2 is 1.76 bits per heavy atom. The number of anilines is 2. The highest BCUT2D eigenvalue weighted by Crippen LogP contribution is 2.34. The van der Waals surface area contributed by atoms with Crippen LogP contribution in [-0.4, -0.2) is 53.8 Å². The molecule has 1 aliphatic heterocycles. The maximum absolute atomic E-state index is 12.7. The molecule has 0 radical (unpaired) electrons. The number of thiazole rings is 1. The van der Waals surface area contributed by atoms with E-state index in [1.54, 1.807) is 36.1 Å². The van der Waals surface area contributed by atoms with Crippen molar-refractivity contribution in [3.8, 4) is 23.1 Å². The number of nitrogens with zero attached hydrogens (tertiary/aromatic N) is 3. The number of aromatic nitrogens is 1. The average Bonchev–Trinajstić information content (AvgIpc) is 3.31. The largest absolute Gasteiger partial charge is 0.365 e. The molecule has 3 N–H and O–H groups in total. The Balaban J connectivity index is 1.56. The zero-order valence-electron chi connectivity index (χ0n) is 18.6. The number of piperazine rings is 1. The Morgan fingerprint density at radius 1 is 1.03 bits per heavy atom. The Morgan fingerprint density at radius 3 is 2.44 bits per heavy atom. The van der Waals surface area contributed by atoms with Gasteiger partial charge in [0.05, 0.1) is 5.69 Å². The van der Waals surface area contributed by atoms with Crippen LogP contribution in [0.15, 0.2) is 54.6 Å². The lowest BCUT2D eigenvalue weighted by Gasteiger charge is -2.33. The van der Waals surface area contributed by atoms with Crippen molar-refractivity contribution >= 4 is 39.9 Å². The SMILES string of the molecule is CC#CC(=O)N1CCN(c2nc(-c3cccc(C(=O)Nc4ccccc4)c3)c(C(N)=O)s2)CC1. The summed E-state index contributed by atoms with van der Waals surface area (Å²) in [6.07, 6.45) is 0. The zero-order chi connectivity index (χ0) is 24.1. The molecule has 8 nitrogen and oxygen atoms in total. The molecule has 172 valence electrons. The molecular weight excluding hydrogens is 450 g/mol. The van der Waals surface area contributed by atoms with Crippen molar-refractivity contribution < 1.29 is 14.4 Å². The summed E-state index contributed by atoms with van der Waals surface area (Å²) in [6.45, 7) is 3.81. The lowest BCUT2D eigenvalue weighted by atomic mass is 10.1. The molecule has 1 aliphatic rings. The second kappa shape index (κ2) is 10.2. The van der Waals surface area contributed by atoms with E-state index >= 15 is 0 Å².